The highest BCUT2D eigenvalue weighted by atomic mass is 32.2. The summed E-state index contributed by atoms with van der Waals surface area (Å²) in [6.07, 6.45) is 6.99. The van der Waals surface area contributed by atoms with Gasteiger partial charge in [-0.25, -0.2) is 23.4 Å². The minimum atomic E-state index is -3.61. The van der Waals surface area contributed by atoms with Crippen LogP contribution < -0.4 is 4.90 Å². The fourth-order valence-corrected chi connectivity index (χ4v) is 4.95. The van der Waals surface area contributed by atoms with Crippen molar-refractivity contribution < 1.29 is 8.42 Å². The van der Waals surface area contributed by atoms with Gasteiger partial charge in [0.25, 0.3) is 10.0 Å². The minimum Gasteiger partial charge on any atom is -0.354 e. The average Bonchev–Trinajstić information content (AvgIpc) is 3.38. The number of hydrogen-bond donors (Lipinski definition) is 0. The van der Waals surface area contributed by atoms with Crippen molar-refractivity contribution in [1.29, 1.82) is 0 Å². The fourth-order valence-electron chi connectivity index (χ4n) is 3.54. The molecule has 1 aliphatic heterocycles. The number of sulfonamides is 1. The average molecular weight is 416 g/mol. The molecule has 0 atom stereocenters. The number of aromatic nitrogens is 5. The second kappa shape index (κ2) is 7.60. The molecule has 29 heavy (non-hydrogen) atoms. The number of aryl methyl sites for hydroxylation is 1. The standard InChI is InChI=1S/C19H25N7O2S/c1-15(2)19-22-18(13-23(19)3)29(27,28)26-10-8-25(9-11-26)17-12-16(20-14-21-17)24-6-4-5-7-24/h4-7,12-15H,8-11H2,1-3H3. The molecule has 1 saturated heterocycles. The van der Waals surface area contributed by atoms with Gasteiger partial charge >= 0.3 is 0 Å². The molecule has 1 fully saturated rings. The highest BCUT2D eigenvalue weighted by molar-refractivity contribution is 7.89. The van der Waals surface area contributed by atoms with Crippen LogP contribution in [0.3, 0.4) is 0 Å². The predicted octanol–water partition coefficient (Wildman–Crippen LogP) is 1.64. The lowest BCUT2D eigenvalue weighted by Crippen LogP contribution is -2.49. The first-order chi connectivity index (χ1) is 13.9. The summed E-state index contributed by atoms with van der Waals surface area (Å²) in [7, 11) is -1.78. The summed E-state index contributed by atoms with van der Waals surface area (Å²) in [5, 5.41) is 0.120. The van der Waals surface area contributed by atoms with E-state index >= 15 is 0 Å². The van der Waals surface area contributed by atoms with Crippen molar-refractivity contribution in [2.75, 3.05) is 31.1 Å². The second-order valence-electron chi connectivity index (χ2n) is 7.42. The molecule has 0 aliphatic carbocycles. The van der Waals surface area contributed by atoms with Gasteiger partial charge in [-0.15, -0.1) is 0 Å². The second-order valence-corrected chi connectivity index (χ2v) is 9.30. The van der Waals surface area contributed by atoms with Crippen LogP contribution in [-0.4, -0.2) is 63.0 Å². The van der Waals surface area contributed by atoms with Gasteiger partial charge in [0.05, 0.1) is 0 Å². The number of hydrogen-bond acceptors (Lipinski definition) is 6. The van der Waals surface area contributed by atoms with Crippen molar-refractivity contribution in [3.63, 3.8) is 0 Å². The van der Waals surface area contributed by atoms with Gasteiger partial charge in [-0.1, -0.05) is 13.8 Å². The zero-order chi connectivity index (χ0) is 20.6. The minimum absolute atomic E-state index is 0.120. The number of anilines is 1. The summed E-state index contributed by atoms with van der Waals surface area (Å²) in [5.74, 6) is 2.50. The van der Waals surface area contributed by atoms with Gasteiger partial charge in [0.15, 0.2) is 5.03 Å². The van der Waals surface area contributed by atoms with Crippen molar-refractivity contribution in [2.45, 2.75) is 24.8 Å². The zero-order valence-corrected chi connectivity index (χ0v) is 17.6. The Morgan fingerprint density at radius 3 is 2.28 bits per heavy atom. The summed E-state index contributed by atoms with van der Waals surface area (Å²) < 4.78 is 31.3. The van der Waals surface area contributed by atoms with Crippen molar-refractivity contribution in [3.05, 3.63) is 48.9 Å². The molecule has 154 valence electrons. The fraction of sp³-hybridized carbons (Fsp3) is 0.421. The SMILES string of the molecule is CC(C)c1nc(S(=O)(=O)N2CCN(c3cc(-n4cccc4)ncn3)CC2)cn1C. The molecule has 0 bridgehead atoms. The molecule has 0 saturated carbocycles. The molecule has 3 aromatic rings. The van der Waals surface area contributed by atoms with Crippen LogP contribution in [0.4, 0.5) is 5.82 Å². The molecule has 9 nitrogen and oxygen atoms in total. The van der Waals surface area contributed by atoms with E-state index < -0.39 is 10.0 Å². The molecule has 1 aliphatic rings. The van der Waals surface area contributed by atoms with E-state index in [0.29, 0.717) is 26.2 Å². The topological polar surface area (TPSA) is 89.2 Å². The number of piperazine rings is 1. The monoisotopic (exact) mass is 415 g/mol. The highest BCUT2D eigenvalue weighted by Crippen LogP contribution is 2.22. The van der Waals surface area contributed by atoms with Crippen molar-refractivity contribution in [3.8, 4) is 5.82 Å². The van der Waals surface area contributed by atoms with Crippen LogP contribution in [0.25, 0.3) is 5.82 Å². The molecule has 3 aromatic heterocycles. The van der Waals surface area contributed by atoms with Gasteiger partial charge in [0.2, 0.25) is 0 Å². The third kappa shape index (κ3) is 3.77. The Balaban J connectivity index is 1.48. The Labute approximate surface area is 170 Å². The predicted molar refractivity (Wildman–Crippen MR) is 110 cm³/mol. The van der Waals surface area contributed by atoms with Gasteiger partial charge in [-0.05, 0) is 12.1 Å². The van der Waals surface area contributed by atoms with Crippen LogP contribution in [0, 0.1) is 0 Å². The molecule has 4 rings (SSSR count). The Morgan fingerprint density at radius 1 is 1.00 bits per heavy atom. The van der Waals surface area contributed by atoms with E-state index in [0.717, 1.165) is 17.5 Å². The maximum atomic E-state index is 13.0. The van der Waals surface area contributed by atoms with Crippen LogP contribution in [0.5, 0.6) is 0 Å². The van der Waals surface area contributed by atoms with E-state index in [2.05, 4.69) is 19.9 Å². The third-order valence-electron chi connectivity index (χ3n) is 5.08. The Morgan fingerprint density at radius 2 is 1.66 bits per heavy atom. The van der Waals surface area contributed by atoms with Gasteiger partial charge in [0, 0.05) is 63.8 Å². The molecule has 0 N–H and O–H groups in total. The van der Waals surface area contributed by atoms with Crippen molar-refractivity contribution in [2.24, 2.45) is 7.05 Å². The van der Waals surface area contributed by atoms with Crippen LogP contribution in [0.15, 0.2) is 48.1 Å². The first-order valence-electron chi connectivity index (χ1n) is 9.60. The highest BCUT2D eigenvalue weighted by Gasteiger charge is 2.31. The number of imidazole rings is 1. The third-order valence-corrected chi connectivity index (χ3v) is 6.85. The smallest absolute Gasteiger partial charge is 0.262 e. The van der Waals surface area contributed by atoms with Crippen molar-refractivity contribution >= 4 is 15.8 Å². The van der Waals surface area contributed by atoms with Gasteiger partial charge in [-0.2, -0.15) is 4.31 Å². The summed E-state index contributed by atoms with van der Waals surface area (Å²) in [5.41, 5.74) is 0. The number of nitrogens with zero attached hydrogens (tertiary/aromatic N) is 7. The van der Waals surface area contributed by atoms with Crippen LogP contribution in [-0.2, 0) is 17.1 Å². The van der Waals surface area contributed by atoms with Crippen LogP contribution >= 0.6 is 0 Å². The molecular weight excluding hydrogens is 390 g/mol. The lowest BCUT2D eigenvalue weighted by molar-refractivity contribution is 0.382. The lowest BCUT2D eigenvalue weighted by atomic mass is 10.2. The quantitative estimate of drug-likeness (QED) is 0.629. The molecule has 0 radical (unpaired) electrons. The van der Waals surface area contributed by atoms with Crippen LogP contribution in [0.2, 0.25) is 0 Å². The van der Waals surface area contributed by atoms with Crippen LogP contribution in [0.1, 0.15) is 25.6 Å². The Kier molecular flexibility index (Phi) is 5.13. The Bertz CT molecular complexity index is 1080. The summed E-state index contributed by atoms with van der Waals surface area (Å²) in [6, 6.07) is 5.79. The van der Waals surface area contributed by atoms with E-state index in [1.807, 2.05) is 56.1 Å². The zero-order valence-electron chi connectivity index (χ0n) is 16.8. The maximum Gasteiger partial charge on any atom is 0.262 e. The van der Waals surface area contributed by atoms with Gasteiger partial charge in [-0.3, -0.25) is 0 Å². The maximum absolute atomic E-state index is 13.0. The first kappa shape index (κ1) is 19.6. The first-order valence-corrected chi connectivity index (χ1v) is 11.0. The largest absolute Gasteiger partial charge is 0.354 e. The molecule has 0 aromatic carbocycles. The lowest BCUT2D eigenvalue weighted by Gasteiger charge is -2.34. The van der Waals surface area contributed by atoms with Gasteiger partial charge < -0.3 is 14.0 Å². The van der Waals surface area contributed by atoms with E-state index in [4.69, 9.17) is 0 Å². The summed E-state index contributed by atoms with van der Waals surface area (Å²) >= 11 is 0. The Hall–Kier alpha value is -2.72. The van der Waals surface area contributed by atoms with E-state index in [1.54, 1.807) is 10.8 Å². The number of rotatable bonds is 5. The van der Waals surface area contributed by atoms with E-state index in [-0.39, 0.29) is 10.9 Å². The molecule has 0 spiro atoms. The molecule has 10 heteroatoms. The van der Waals surface area contributed by atoms with E-state index in [9.17, 15) is 8.42 Å². The normalized spacial score (nSPS) is 15.9. The summed E-state index contributed by atoms with van der Waals surface area (Å²) in [4.78, 5) is 15.1. The molecular formula is C19H25N7O2S. The van der Waals surface area contributed by atoms with Gasteiger partial charge in [0.1, 0.15) is 23.8 Å². The summed E-state index contributed by atoms with van der Waals surface area (Å²) in [6.45, 7) is 5.90. The van der Waals surface area contributed by atoms with E-state index in [1.165, 1.54) is 10.6 Å². The molecule has 0 unspecified atom stereocenters. The molecule has 0 amide bonds. The van der Waals surface area contributed by atoms with Crippen molar-refractivity contribution in [1.82, 2.24) is 28.4 Å². The molecule has 4 heterocycles.